The van der Waals surface area contributed by atoms with E-state index in [0.717, 1.165) is 37.1 Å². The lowest BCUT2D eigenvalue weighted by Crippen LogP contribution is -2.46. The summed E-state index contributed by atoms with van der Waals surface area (Å²) < 4.78 is 13.6. The Morgan fingerprint density at radius 3 is 2.57 bits per heavy atom. The van der Waals surface area contributed by atoms with Gasteiger partial charge in [-0.1, -0.05) is 6.07 Å². The van der Waals surface area contributed by atoms with Gasteiger partial charge in [0.2, 0.25) is 5.95 Å². The van der Waals surface area contributed by atoms with E-state index in [-0.39, 0.29) is 17.9 Å². The van der Waals surface area contributed by atoms with Crippen molar-refractivity contribution in [1.29, 1.82) is 0 Å². The molecule has 1 saturated carbocycles. The fraction of sp³-hybridized carbons (Fsp3) is 0.450. The molecule has 0 spiro atoms. The van der Waals surface area contributed by atoms with E-state index in [2.05, 4.69) is 15.3 Å². The summed E-state index contributed by atoms with van der Waals surface area (Å²) in [4.78, 5) is 24.4. The van der Waals surface area contributed by atoms with Gasteiger partial charge in [0, 0.05) is 43.6 Å². The van der Waals surface area contributed by atoms with Crippen LogP contribution in [0.3, 0.4) is 0 Å². The number of hydrogen-bond acceptors (Lipinski definition) is 5. The maximum absolute atomic E-state index is 13.6. The largest absolute Gasteiger partial charge is 0.362 e. The first kappa shape index (κ1) is 19.9. The summed E-state index contributed by atoms with van der Waals surface area (Å²) in [6.07, 6.45) is 5.04. The van der Waals surface area contributed by atoms with Gasteiger partial charge >= 0.3 is 6.03 Å². The van der Waals surface area contributed by atoms with E-state index in [1.165, 1.54) is 17.0 Å². The minimum Gasteiger partial charge on any atom is -0.362 e. The molecule has 1 aliphatic carbocycles. The van der Waals surface area contributed by atoms with Crippen LogP contribution >= 0.6 is 0 Å². The molecule has 0 aliphatic heterocycles. The highest BCUT2D eigenvalue weighted by molar-refractivity contribution is 5.91. The first-order valence-corrected chi connectivity index (χ1v) is 9.47. The van der Waals surface area contributed by atoms with Crippen molar-refractivity contribution >= 4 is 23.5 Å². The first-order chi connectivity index (χ1) is 13.3. The van der Waals surface area contributed by atoms with Crippen molar-refractivity contribution in [3.8, 4) is 0 Å². The molecule has 1 aromatic carbocycles. The van der Waals surface area contributed by atoms with E-state index >= 15 is 0 Å². The monoisotopic (exact) mass is 386 g/mol. The zero-order valence-corrected chi connectivity index (χ0v) is 16.5. The maximum Gasteiger partial charge on any atom is 0.319 e. The highest BCUT2D eigenvalue weighted by Crippen LogP contribution is 2.29. The third kappa shape index (κ3) is 4.49. The minimum absolute atomic E-state index is 0.0476. The third-order valence-corrected chi connectivity index (χ3v) is 5.09. The molecule has 0 unspecified atom stereocenters. The van der Waals surface area contributed by atoms with Crippen molar-refractivity contribution < 1.29 is 9.18 Å². The number of halogens is 1. The van der Waals surface area contributed by atoms with Gasteiger partial charge < -0.3 is 16.0 Å². The smallest absolute Gasteiger partial charge is 0.319 e. The van der Waals surface area contributed by atoms with E-state index in [1.54, 1.807) is 12.1 Å². The Morgan fingerprint density at radius 1 is 1.25 bits per heavy atom. The zero-order valence-electron chi connectivity index (χ0n) is 16.5. The number of nitrogens with two attached hydrogens (primary N) is 1. The van der Waals surface area contributed by atoms with Crippen LogP contribution in [0.4, 0.5) is 26.6 Å². The van der Waals surface area contributed by atoms with Gasteiger partial charge in [-0.3, -0.25) is 4.90 Å². The van der Waals surface area contributed by atoms with Crippen LogP contribution in [0.2, 0.25) is 0 Å². The molecule has 3 rings (SSSR count). The molecule has 0 atom stereocenters. The van der Waals surface area contributed by atoms with Crippen LogP contribution in [0, 0.1) is 12.7 Å². The van der Waals surface area contributed by atoms with Gasteiger partial charge in [0.15, 0.2) is 0 Å². The van der Waals surface area contributed by atoms with Crippen molar-refractivity contribution in [1.82, 2.24) is 9.97 Å². The second-order valence-corrected chi connectivity index (χ2v) is 7.43. The molecule has 0 radical (unpaired) electrons. The van der Waals surface area contributed by atoms with E-state index in [0.29, 0.717) is 11.6 Å². The maximum atomic E-state index is 13.6. The Labute approximate surface area is 164 Å². The number of hydrogen-bond donors (Lipinski definition) is 2. The number of urea groups is 1. The fourth-order valence-corrected chi connectivity index (χ4v) is 3.76. The van der Waals surface area contributed by atoms with Crippen LogP contribution in [0.1, 0.15) is 31.2 Å². The topological polar surface area (TPSA) is 87.4 Å². The van der Waals surface area contributed by atoms with Gasteiger partial charge in [-0.05, 0) is 50.8 Å². The van der Waals surface area contributed by atoms with Crippen LogP contribution in [-0.2, 0) is 0 Å². The Hall–Kier alpha value is -2.90. The minimum atomic E-state index is -0.556. The number of primary amides is 1. The third-order valence-electron chi connectivity index (χ3n) is 5.09. The summed E-state index contributed by atoms with van der Waals surface area (Å²) in [5.41, 5.74) is 7.11. The van der Waals surface area contributed by atoms with Crippen molar-refractivity contribution in [3.63, 3.8) is 0 Å². The summed E-state index contributed by atoms with van der Waals surface area (Å²) in [5, 5.41) is 3.40. The lowest BCUT2D eigenvalue weighted by Gasteiger charge is -2.36. The molecule has 1 aliphatic rings. The number of nitrogens with zero attached hydrogens (tertiary/aromatic N) is 4. The second kappa shape index (κ2) is 8.41. The normalized spacial score (nSPS) is 19.1. The number of amides is 2. The molecule has 7 nitrogen and oxygen atoms in total. The first-order valence-electron chi connectivity index (χ1n) is 9.47. The van der Waals surface area contributed by atoms with Gasteiger partial charge in [-0.25, -0.2) is 14.2 Å². The second-order valence-electron chi connectivity index (χ2n) is 7.43. The molecule has 150 valence electrons. The van der Waals surface area contributed by atoms with E-state index in [9.17, 15) is 9.18 Å². The number of aromatic nitrogens is 2. The van der Waals surface area contributed by atoms with E-state index < -0.39 is 6.03 Å². The predicted octanol–water partition coefficient (Wildman–Crippen LogP) is 3.30. The van der Waals surface area contributed by atoms with Gasteiger partial charge in [-0.15, -0.1) is 0 Å². The summed E-state index contributed by atoms with van der Waals surface area (Å²) in [6, 6.07) is 5.61. The molecule has 28 heavy (non-hydrogen) atoms. The molecule has 8 heteroatoms. The van der Waals surface area contributed by atoms with Crippen LogP contribution in [0.5, 0.6) is 0 Å². The van der Waals surface area contributed by atoms with Crippen LogP contribution in [0.25, 0.3) is 0 Å². The lowest BCUT2D eigenvalue weighted by molar-refractivity contribution is 0.248. The van der Waals surface area contributed by atoms with Gasteiger partial charge in [-0.2, -0.15) is 4.98 Å². The number of benzene rings is 1. The molecule has 1 heterocycles. The quantitative estimate of drug-likeness (QED) is 0.823. The Balaban J connectivity index is 1.65. The number of rotatable bonds is 5. The molecule has 2 amide bonds. The van der Waals surface area contributed by atoms with Crippen molar-refractivity contribution in [3.05, 3.63) is 41.8 Å². The summed E-state index contributed by atoms with van der Waals surface area (Å²) in [6.45, 7) is 1.98. The molecule has 0 saturated heterocycles. The molecule has 1 aromatic heterocycles. The van der Waals surface area contributed by atoms with Crippen molar-refractivity contribution in [2.75, 3.05) is 29.2 Å². The fourth-order valence-electron chi connectivity index (χ4n) is 3.76. The van der Waals surface area contributed by atoms with Crippen molar-refractivity contribution in [2.24, 2.45) is 5.73 Å². The number of carbonyl (C=O) groups excluding carboxylic acids is 1. The number of anilines is 3. The van der Waals surface area contributed by atoms with Crippen molar-refractivity contribution in [2.45, 2.75) is 44.7 Å². The number of aryl methyl sites for hydroxylation is 1. The molecule has 2 aromatic rings. The summed E-state index contributed by atoms with van der Waals surface area (Å²) in [5.74, 6) is 1.11. The molecule has 0 bridgehead atoms. The highest BCUT2D eigenvalue weighted by Gasteiger charge is 2.29. The van der Waals surface area contributed by atoms with Crippen LogP contribution in [-0.4, -0.2) is 42.2 Å². The SMILES string of the molecule is Cc1cnc(N[C@H]2CC[C@@H](N(C(N)=O)c3cccc(F)c3)CC2)nc1N(C)C. The molecular weight excluding hydrogens is 359 g/mol. The van der Waals surface area contributed by atoms with Gasteiger partial charge in [0.1, 0.15) is 11.6 Å². The van der Waals surface area contributed by atoms with Gasteiger partial charge in [0.05, 0.1) is 0 Å². The predicted molar refractivity (Wildman–Crippen MR) is 109 cm³/mol. The zero-order chi connectivity index (χ0) is 20.3. The Morgan fingerprint density at radius 2 is 1.96 bits per heavy atom. The molecule has 1 fully saturated rings. The average Bonchev–Trinajstić information content (AvgIpc) is 2.64. The van der Waals surface area contributed by atoms with Crippen LogP contribution in [0.15, 0.2) is 30.5 Å². The summed E-state index contributed by atoms with van der Waals surface area (Å²) in [7, 11) is 3.91. The molecule has 3 N–H and O–H groups in total. The average molecular weight is 386 g/mol. The van der Waals surface area contributed by atoms with Gasteiger partial charge in [0.25, 0.3) is 0 Å². The number of nitrogens with one attached hydrogen (secondary N) is 1. The highest BCUT2D eigenvalue weighted by atomic mass is 19.1. The van der Waals surface area contributed by atoms with E-state index in [1.807, 2.05) is 32.1 Å². The standard InChI is InChI=1S/C20H27FN6O/c1-13-12-23-20(25-18(13)26(2)3)24-15-7-9-16(10-8-15)27(19(22)28)17-6-4-5-14(21)11-17/h4-6,11-12,15-16H,7-10H2,1-3H3,(H2,22,28)(H,23,24,25)/t15-,16+. The lowest BCUT2D eigenvalue weighted by atomic mass is 9.90. The Kier molecular flexibility index (Phi) is 5.96. The number of carbonyl (C=O) groups is 1. The van der Waals surface area contributed by atoms with Crippen LogP contribution < -0.4 is 20.9 Å². The van der Waals surface area contributed by atoms with E-state index in [4.69, 9.17) is 5.73 Å². The Bertz CT molecular complexity index is 835. The molecular formula is C20H27FN6O. The summed E-state index contributed by atoms with van der Waals surface area (Å²) >= 11 is 0.